The van der Waals surface area contributed by atoms with E-state index in [0.29, 0.717) is 4.99 Å². The second kappa shape index (κ2) is 11.0. The fraction of sp³-hybridized carbons (Fsp3) is 0.409. The first-order valence-electron chi connectivity index (χ1n) is 8.72. The van der Waals surface area contributed by atoms with Crippen LogP contribution < -0.4 is 5.73 Å². The molecule has 2 N–H and O–H groups in total. The van der Waals surface area contributed by atoms with Gasteiger partial charge in [-0.1, -0.05) is 65.4 Å². The highest BCUT2D eigenvalue weighted by molar-refractivity contribution is 7.80. The number of rotatable bonds is 9. The van der Waals surface area contributed by atoms with Crippen LogP contribution in [0.3, 0.4) is 0 Å². The lowest BCUT2D eigenvalue weighted by Gasteiger charge is -2.04. The second-order valence-corrected chi connectivity index (χ2v) is 7.17. The normalized spacial score (nSPS) is 12.2. The van der Waals surface area contributed by atoms with Gasteiger partial charge in [-0.25, -0.2) is 0 Å². The standard InChI is InChI=1S/C22H31NS/c1-17(2)8-5-9-18(3)10-6-11-19(4)14-15-20-12-7-13-21(16-20)22(23)24/h7-8,10,12-14,16H,5-6,9,11,15H2,1-4H3,(H2,23,24)/b18-10?,19-14+. The molecule has 1 nitrogen and oxygen atoms in total. The molecule has 1 aromatic carbocycles. The fourth-order valence-electron chi connectivity index (χ4n) is 2.48. The summed E-state index contributed by atoms with van der Waals surface area (Å²) in [7, 11) is 0. The van der Waals surface area contributed by atoms with Crippen molar-refractivity contribution in [3.8, 4) is 0 Å². The number of hydrogen-bond donors (Lipinski definition) is 1. The zero-order valence-corrected chi connectivity index (χ0v) is 16.4. The van der Waals surface area contributed by atoms with E-state index in [0.717, 1.165) is 31.2 Å². The summed E-state index contributed by atoms with van der Waals surface area (Å²) < 4.78 is 0. The van der Waals surface area contributed by atoms with Crippen LogP contribution in [0.15, 0.2) is 59.2 Å². The van der Waals surface area contributed by atoms with Crippen LogP contribution in [-0.4, -0.2) is 4.99 Å². The van der Waals surface area contributed by atoms with E-state index < -0.39 is 0 Å². The van der Waals surface area contributed by atoms with Crippen LogP contribution in [-0.2, 0) is 6.42 Å². The zero-order valence-electron chi connectivity index (χ0n) is 15.6. The summed E-state index contributed by atoms with van der Waals surface area (Å²) in [5.41, 5.74) is 12.2. The van der Waals surface area contributed by atoms with Crippen LogP contribution >= 0.6 is 12.2 Å². The molecule has 0 fully saturated rings. The molecule has 0 aliphatic heterocycles. The third kappa shape index (κ3) is 8.83. The smallest absolute Gasteiger partial charge is 0.103 e. The summed E-state index contributed by atoms with van der Waals surface area (Å²) in [6.45, 7) is 8.76. The molecule has 0 aliphatic rings. The Morgan fingerprint density at radius 3 is 2.21 bits per heavy atom. The molecular weight excluding hydrogens is 310 g/mol. The Morgan fingerprint density at radius 1 is 0.958 bits per heavy atom. The van der Waals surface area contributed by atoms with Gasteiger partial charge in [-0.3, -0.25) is 0 Å². The van der Waals surface area contributed by atoms with Gasteiger partial charge in [-0.15, -0.1) is 0 Å². The lowest BCUT2D eigenvalue weighted by Crippen LogP contribution is -2.09. The number of nitrogens with two attached hydrogens (primary N) is 1. The average Bonchev–Trinajstić information content (AvgIpc) is 2.53. The zero-order chi connectivity index (χ0) is 17.9. The molecule has 0 spiro atoms. The highest BCUT2D eigenvalue weighted by Crippen LogP contribution is 2.13. The minimum Gasteiger partial charge on any atom is -0.389 e. The van der Waals surface area contributed by atoms with Crippen LogP contribution in [0.25, 0.3) is 0 Å². The van der Waals surface area contributed by atoms with Crippen molar-refractivity contribution in [3.63, 3.8) is 0 Å². The van der Waals surface area contributed by atoms with Crippen molar-refractivity contribution in [2.24, 2.45) is 5.73 Å². The topological polar surface area (TPSA) is 26.0 Å². The second-order valence-electron chi connectivity index (χ2n) is 6.73. The van der Waals surface area contributed by atoms with Gasteiger partial charge in [0.25, 0.3) is 0 Å². The summed E-state index contributed by atoms with van der Waals surface area (Å²) in [4.78, 5) is 0.464. The van der Waals surface area contributed by atoms with Crippen molar-refractivity contribution < 1.29 is 0 Å². The first-order chi connectivity index (χ1) is 11.4. The minimum absolute atomic E-state index is 0.464. The van der Waals surface area contributed by atoms with Crippen LogP contribution in [0.4, 0.5) is 0 Å². The molecule has 0 aliphatic carbocycles. The molecule has 1 rings (SSSR count). The number of allylic oxidation sites excluding steroid dienone is 6. The van der Waals surface area contributed by atoms with Gasteiger partial charge in [0.15, 0.2) is 0 Å². The predicted molar refractivity (Wildman–Crippen MR) is 111 cm³/mol. The Hall–Kier alpha value is -1.67. The summed E-state index contributed by atoms with van der Waals surface area (Å²) >= 11 is 5.04. The van der Waals surface area contributed by atoms with Crippen molar-refractivity contribution in [1.82, 2.24) is 0 Å². The molecule has 0 saturated heterocycles. The maximum Gasteiger partial charge on any atom is 0.103 e. The molecule has 130 valence electrons. The first-order valence-corrected chi connectivity index (χ1v) is 9.12. The van der Waals surface area contributed by atoms with Gasteiger partial charge in [0.1, 0.15) is 4.99 Å². The van der Waals surface area contributed by atoms with Gasteiger partial charge in [-0.05, 0) is 71.4 Å². The van der Waals surface area contributed by atoms with Crippen LogP contribution in [0.2, 0.25) is 0 Å². The molecule has 0 amide bonds. The van der Waals surface area contributed by atoms with E-state index in [-0.39, 0.29) is 0 Å². The molecule has 2 heteroatoms. The van der Waals surface area contributed by atoms with Crippen molar-refractivity contribution >= 4 is 17.2 Å². The van der Waals surface area contributed by atoms with Gasteiger partial charge < -0.3 is 5.73 Å². The van der Waals surface area contributed by atoms with Gasteiger partial charge in [-0.2, -0.15) is 0 Å². The molecule has 0 saturated carbocycles. The summed E-state index contributed by atoms with van der Waals surface area (Å²) in [5, 5.41) is 0. The molecule has 0 atom stereocenters. The van der Waals surface area contributed by atoms with Crippen molar-refractivity contribution in [1.29, 1.82) is 0 Å². The number of thiocarbonyl (C=S) groups is 1. The Balaban J connectivity index is 2.43. The highest BCUT2D eigenvalue weighted by atomic mass is 32.1. The Kier molecular flexibility index (Phi) is 9.33. The van der Waals surface area contributed by atoms with E-state index in [1.807, 2.05) is 12.1 Å². The van der Waals surface area contributed by atoms with E-state index in [1.54, 1.807) is 0 Å². The van der Waals surface area contributed by atoms with Crippen molar-refractivity contribution in [3.05, 3.63) is 70.3 Å². The van der Waals surface area contributed by atoms with Gasteiger partial charge in [0.2, 0.25) is 0 Å². The van der Waals surface area contributed by atoms with E-state index in [4.69, 9.17) is 18.0 Å². The third-order valence-corrected chi connectivity index (χ3v) is 4.26. The van der Waals surface area contributed by atoms with Gasteiger partial charge >= 0.3 is 0 Å². The molecule has 24 heavy (non-hydrogen) atoms. The Bertz CT molecular complexity index is 631. The summed E-state index contributed by atoms with van der Waals surface area (Å²) in [5.74, 6) is 0. The average molecular weight is 342 g/mol. The quantitative estimate of drug-likeness (QED) is 0.422. The lowest BCUT2D eigenvalue weighted by molar-refractivity contribution is 0.914. The monoisotopic (exact) mass is 341 g/mol. The number of hydrogen-bond acceptors (Lipinski definition) is 1. The number of benzene rings is 1. The van der Waals surface area contributed by atoms with Crippen molar-refractivity contribution in [2.45, 2.75) is 59.8 Å². The molecule has 0 bridgehead atoms. The molecule has 0 unspecified atom stereocenters. The van der Waals surface area contributed by atoms with E-state index in [1.165, 1.54) is 28.7 Å². The maximum absolute atomic E-state index is 5.69. The molecular formula is C22H31NS. The van der Waals surface area contributed by atoms with E-state index in [2.05, 4.69) is 58.1 Å². The minimum atomic E-state index is 0.464. The van der Waals surface area contributed by atoms with Gasteiger partial charge in [0.05, 0.1) is 0 Å². The molecule has 1 aromatic rings. The Morgan fingerprint density at radius 2 is 1.58 bits per heavy atom. The fourth-order valence-corrected chi connectivity index (χ4v) is 2.61. The van der Waals surface area contributed by atoms with E-state index in [9.17, 15) is 0 Å². The molecule has 0 radical (unpaired) electrons. The highest BCUT2D eigenvalue weighted by Gasteiger charge is 1.98. The first kappa shape index (κ1) is 20.4. The third-order valence-electron chi connectivity index (χ3n) is 4.02. The lowest BCUT2D eigenvalue weighted by atomic mass is 10.0. The summed E-state index contributed by atoms with van der Waals surface area (Å²) in [6.07, 6.45) is 12.5. The van der Waals surface area contributed by atoms with Crippen LogP contribution in [0.1, 0.15) is 64.5 Å². The van der Waals surface area contributed by atoms with Gasteiger partial charge in [0, 0.05) is 5.56 Å². The van der Waals surface area contributed by atoms with Crippen LogP contribution in [0, 0.1) is 0 Å². The molecule has 0 aromatic heterocycles. The maximum atomic E-state index is 5.69. The largest absolute Gasteiger partial charge is 0.389 e. The van der Waals surface area contributed by atoms with E-state index >= 15 is 0 Å². The Labute approximate surface area is 153 Å². The SMILES string of the molecule is CC(C)=CCCC(C)=CCC/C(C)=C/Cc1cccc(C(N)=S)c1. The van der Waals surface area contributed by atoms with Crippen LogP contribution in [0.5, 0.6) is 0 Å². The summed E-state index contributed by atoms with van der Waals surface area (Å²) in [6, 6.07) is 8.19. The predicted octanol–water partition coefficient (Wildman–Crippen LogP) is 6.28. The van der Waals surface area contributed by atoms with Crippen molar-refractivity contribution in [2.75, 3.05) is 0 Å². The molecule has 0 heterocycles.